The topological polar surface area (TPSA) is 26.3 Å². The quantitative estimate of drug-likeness (QED) is 0.506. The van der Waals surface area contributed by atoms with E-state index in [0.717, 1.165) is 16.5 Å². The molecule has 0 aliphatic carbocycles. The smallest absolute Gasteiger partial charge is 0.312 e. The number of hydrogen-bond donors (Lipinski definition) is 0. The molecule has 0 radical (unpaired) electrons. The first-order valence-corrected chi connectivity index (χ1v) is 8.99. The van der Waals surface area contributed by atoms with Crippen molar-refractivity contribution >= 4 is 21.9 Å². The van der Waals surface area contributed by atoms with Crippen LogP contribution in [0.4, 0.5) is 0 Å². The van der Waals surface area contributed by atoms with Crippen molar-refractivity contribution in [3.05, 3.63) is 71.3 Å². The third kappa shape index (κ3) is 4.03. The lowest BCUT2D eigenvalue weighted by molar-refractivity contribution is -0.154. The molecule has 0 bridgehead atoms. The van der Waals surface area contributed by atoms with Gasteiger partial charge in [0, 0.05) is 11.2 Å². The molecule has 0 fully saturated rings. The van der Waals surface area contributed by atoms with E-state index >= 15 is 0 Å². The summed E-state index contributed by atoms with van der Waals surface area (Å²) in [4.78, 5) is 12.5. The Balaban J connectivity index is 2.49. The Kier molecular flexibility index (Phi) is 6.00. The van der Waals surface area contributed by atoms with Gasteiger partial charge >= 0.3 is 5.97 Å². The summed E-state index contributed by atoms with van der Waals surface area (Å²) in [5.41, 5.74) is 2.82. The van der Waals surface area contributed by atoms with Crippen molar-refractivity contribution in [3.8, 4) is 0 Å². The summed E-state index contributed by atoms with van der Waals surface area (Å²) in [6, 6.07) is 18.6. The first kappa shape index (κ1) is 17.7. The molecule has 122 valence electrons. The van der Waals surface area contributed by atoms with Gasteiger partial charge in [0.15, 0.2) is 0 Å². The summed E-state index contributed by atoms with van der Waals surface area (Å²) in [6.07, 6.45) is 0. The maximum absolute atomic E-state index is 12.5. The molecule has 0 N–H and O–H groups in total. The number of rotatable bonds is 6. The average Bonchev–Trinajstić information content (AvgIpc) is 2.56. The highest BCUT2D eigenvalue weighted by molar-refractivity contribution is 9.08. The number of carbonyl (C=O) groups is 1. The Labute approximate surface area is 147 Å². The number of esters is 1. The first-order valence-electron chi connectivity index (χ1n) is 7.87. The summed E-state index contributed by atoms with van der Waals surface area (Å²) >= 11 is 3.47. The molecule has 2 rings (SSSR count). The molecule has 0 spiro atoms. The van der Waals surface area contributed by atoms with Crippen molar-refractivity contribution in [1.82, 2.24) is 0 Å². The largest absolute Gasteiger partial charge is 0.466 e. The van der Waals surface area contributed by atoms with Crippen LogP contribution in [0.5, 0.6) is 0 Å². The second-order valence-corrected chi connectivity index (χ2v) is 6.72. The van der Waals surface area contributed by atoms with Gasteiger partial charge in [-0.3, -0.25) is 4.79 Å². The van der Waals surface area contributed by atoms with Crippen LogP contribution in [0.1, 0.15) is 43.4 Å². The number of benzene rings is 2. The number of halogens is 1. The number of carbonyl (C=O) groups excluding carboxylic acids is 1. The fourth-order valence-corrected chi connectivity index (χ4v) is 3.28. The van der Waals surface area contributed by atoms with Gasteiger partial charge in [0.2, 0.25) is 0 Å². The van der Waals surface area contributed by atoms with Crippen LogP contribution in [-0.2, 0) is 14.9 Å². The van der Waals surface area contributed by atoms with Gasteiger partial charge in [-0.1, -0.05) is 70.5 Å². The molecule has 0 heterocycles. The monoisotopic (exact) mass is 374 g/mol. The number of alkyl halides is 1. The van der Waals surface area contributed by atoms with Crippen LogP contribution in [0.15, 0.2) is 54.6 Å². The zero-order valence-electron chi connectivity index (χ0n) is 13.9. The van der Waals surface area contributed by atoms with Crippen LogP contribution >= 0.6 is 15.9 Å². The Morgan fingerprint density at radius 2 is 1.61 bits per heavy atom. The molecular weight excluding hydrogens is 352 g/mol. The van der Waals surface area contributed by atoms with Gasteiger partial charge in [0.25, 0.3) is 0 Å². The zero-order chi connectivity index (χ0) is 16.9. The van der Waals surface area contributed by atoms with Gasteiger partial charge in [0.05, 0.1) is 12.0 Å². The predicted octanol–water partition coefficient (Wildman–Crippen LogP) is 5.30. The van der Waals surface area contributed by atoms with E-state index < -0.39 is 5.41 Å². The van der Waals surface area contributed by atoms with Crippen molar-refractivity contribution in [3.63, 3.8) is 0 Å². The normalized spacial score (nSPS) is 12.7. The molecule has 0 saturated heterocycles. The predicted molar refractivity (Wildman–Crippen MR) is 97.8 cm³/mol. The Morgan fingerprint density at radius 1 is 1.04 bits per heavy atom. The van der Waals surface area contributed by atoms with Gasteiger partial charge in [-0.25, -0.2) is 0 Å². The van der Waals surface area contributed by atoms with E-state index in [-0.39, 0.29) is 11.9 Å². The fourth-order valence-electron chi connectivity index (χ4n) is 2.91. The second-order valence-electron chi connectivity index (χ2n) is 6.16. The number of ether oxygens (including phenoxy) is 1. The Morgan fingerprint density at radius 3 is 2.13 bits per heavy atom. The summed E-state index contributed by atoms with van der Waals surface area (Å²) in [6.45, 7) is 6.16. The minimum absolute atomic E-state index is 0.0490. The van der Waals surface area contributed by atoms with Gasteiger partial charge < -0.3 is 4.74 Å². The average molecular weight is 375 g/mol. The maximum atomic E-state index is 12.5. The van der Waals surface area contributed by atoms with Crippen molar-refractivity contribution in [2.45, 2.75) is 32.0 Å². The molecule has 0 amide bonds. The molecule has 1 atom stereocenters. The molecule has 0 aliphatic rings. The Hall–Kier alpha value is -1.61. The van der Waals surface area contributed by atoms with Crippen molar-refractivity contribution in [2.24, 2.45) is 5.41 Å². The third-order valence-corrected chi connectivity index (χ3v) is 4.77. The summed E-state index contributed by atoms with van der Waals surface area (Å²) in [5.74, 6) is -0.217. The molecule has 0 aliphatic heterocycles. The van der Waals surface area contributed by atoms with Crippen molar-refractivity contribution in [2.75, 3.05) is 6.61 Å². The lowest BCUT2D eigenvalue weighted by atomic mass is 9.71. The minimum atomic E-state index is -0.646. The molecule has 23 heavy (non-hydrogen) atoms. The highest BCUT2D eigenvalue weighted by Gasteiger charge is 2.40. The van der Waals surface area contributed by atoms with Gasteiger partial charge in [0.1, 0.15) is 0 Å². The van der Waals surface area contributed by atoms with Crippen LogP contribution in [0, 0.1) is 5.41 Å². The van der Waals surface area contributed by atoms with Crippen LogP contribution < -0.4 is 0 Å². The molecule has 2 nitrogen and oxygen atoms in total. The van der Waals surface area contributed by atoms with Gasteiger partial charge in [-0.2, -0.15) is 0 Å². The van der Waals surface area contributed by atoms with E-state index in [2.05, 4.69) is 52.3 Å². The molecule has 0 saturated carbocycles. The van der Waals surface area contributed by atoms with Crippen LogP contribution in [-0.4, -0.2) is 12.6 Å². The van der Waals surface area contributed by atoms with Crippen LogP contribution in [0.3, 0.4) is 0 Å². The van der Waals surface area contributed by atoms with E-state index in [4.69, 9.17) is 4.74 Å². The van der Waals surface area contributed by atoms with E-state index in [0.29, 0.717) is 6.61 Å². The third-order valence-electron chi connectivity index (χ3n) is 4.12. The van der Waals surface area contributed by atoms with E-state index in [9.17, 15) is 4.79 Å². The molecule has 2 aromatic carbocycles. The minimum Gasteiger partial charge on any atom is -0.466 e. The highest BCUT2D eigenvalue weighted by Crippen LogP contribution is 2.42. The standard InChI is InChI=1S/C20H23BrO2/c1-4-23-19(22)20(2,3)18(16-8-6-5-7-9-16)17-12-10-15(14-21)11-13-17/h5-13,18H,4,14H2,1-3H3. The van der Waals surface area contributed by atoms with Gasteiger partial charge in [-0.05, 0) is 37.5 Å². The molecule has 1 unspecified atom stereocenters. The second kappa shape index (κ2) is 7.78. The molecule has 3 heteroatoms. The van der Waals surface area contributed by atoms with Crippen LogP contribution in [0.2, 0.25) is 0 Å². The fraction of sp³-hybridized carbons (Fsp3) is 0.350. The van der Waals surface area contributed by atoms with E-state index in [1.807, 2.05) is 39.0 Å². The molecule has 2 aromatic rings. The van der Waals surface area contributed by atoms with E-state index in [1.54, 1.807) is 0 Å². The summed E-state index contributed by atoms with van der Waals surface area (Å²) in [5, 5.41) is 0.824. The SMILES string of the molecule is CCOC(=O)C(C)(C)C(c1ccccc1)c1ccc(CBr)cc1. The summed E-state index contributed by atoms with van der Waals surface area (Å²) < 4.78 is 5.33. The van der Waals surface area contributed by atoms with Crippen LogP contribution in [0.25, 0.3) is 0 Å². The molecular formula is C20H23BrO2. The lowest BCUT2D eigenvalue weighted by Crippen LogP contribution is -2.34. The maximum Gasteiger partial charge on any atom is 0.312 e. The summed E-state index contributed by atoms with van der Waals surface area (Å²) in [7, 11) is 0. The zero-order valence-corrected chi connectivity index (χ0v) is 15.5. The first-order chi connectivity index (χ1) is 11.0. The van der Waals surface area contributed by atoms with Crippen molar-refractivity contribution < 1.29 is 9.53 Å². The highest BCUT2D eigenvalue weighted by atomic mass is 79.9. The molecule has 0 aromatic heterocycles. The number of hydrogen-bond acceptors (Lipinski definition) is 2. The van der Waals surface area contributed by atoms with E-state index in [1.165, 1.54) is 5.56 Å². The Bertz CT molecular complexity index is 632. The van der Waals surface area contributed by atoms with Crippen molar-refractivity contribution in [1.29, 1.82) is 0 Å². The van der Waals surface area contributed by atoms with Gasteiger partial charge in [-0.15, -0.1) is 0 Å². The lowest BCUT2D eigenvalue weighted by Gasteiger charge is -2.33.